The molecule has 0 heterocycles. The van der Waals surface area contributed by atoms with Crippen LogP contribution in [0, 0.1) is 5.21 Å². The number of nitrogens with two attached hydrogens (primary N) is 2. The van der Waals surface area contributed by atoms with E-state index in [9.17, 15) is 0 Å². The van der Waals surface area contributed by atoms with Crippen LogP contribution in [0.4, 0.5) is 0 Å². The minimum absolute atomic E-state index is 0. The van der Waals surface area contributed by atoms with Gasteiger partial charge in [0.05, 0.1) is 0 Å². The van der Waals surface area contributed by atoms with Crippen molar-refractivity contribution < 1.29 is 11.1 Å². The van der Waals surface area contributed by atoms with Crippen LogP contribution in [0.15, 0.2) is 0 Å². The van der Waals surface area contributed by atoms with Gasteiger partial charge in [-0.1, -0.05) is 0 Å². The number of quaternary nitrogens is 1. The van der Waals surface area contributed by atoms with Crippen molar-refractivity contribution in [2.45, 2.75) is 0 Å². The molecule has 0 unspecified atom stereocenters. The summed E-state index contributed by atoms with van der Waals surface area (Å²) in [6.07, 6.45) is 0. The van der Waals surface area contributed by atoms with E-state index in [1.807, 2.05) is 0 Å². The third-order valence-corrected chi connectivity index (χ3v) is 0. The van der Waals surface area contributed by atoms with Gasteiger partial charge in [0.2, 0.25) is 0 Å². The van der Waals surface area contributed by atoms with Gasteiger partial charge in [-0.2, -0.15) is 5.84 Å². The molecule has 0 spiro atoms. The van der Waals surface area contributed by atoms with E-state index in [0.717, 1.165) is 0 Å². The topological polar surface area (TPSA) is 97.2 Å². The molecule has 0 fully saturated rings. The Morgan fingerprint density at radius 2 is 1.75 bits per heavy atom. The highest BCUT2D eigenvalue weighted by Crippen LogP contribution is 0.565. The Hall–Kier alpha value is -0.160. The SMILES string of the molecule is N[NH2+][O-].O. The monoisotopic (exact) mass is 66.0 g/mol. The summed E-state index contributed by atoms with van der Waals surface area (Å²) in [7, 11) is 0. The number of hydrogen-bond donors (Lipinski definition) is 2. The summed E-state index contributed by atoms with van der Waals surface area (Å²) >= 11 is 0. The van der Waals surface area contributed by atoms with Crippen LogP contribution in [-0.4, -0.2) is 5.48 Å². The van der Waals surface area contributed by atoms with Crippen LogP contribution in [0.2, 0.25) is 0 Å². The van der Waals surface area contributed by atoms with Crippen LogP contribution in [0.1, 0.15) is 0 Å². The molecule has 0 radical (unpaired) electrons. The maximum absolute atomic E-state index is 8.58. The molecule has 0 atom stereocenters. The zero-order chi connectivity index (χ0) is 2.71. The van der Waals surface area contributed by atoms with E-state index in [-0.39, 0.29) is 11.1 Å². The summed E-state index contributed by atoms with van der Waals surface area (Å²) < 4.78 is 0. The predicted octanol–water partition coefficient (Wildman–Crippen LogP) is -2.90. The first kappa shape index (κ1) is 9.15. The summed E-state index contributed by atoms with van der Waals surface area (Å²) in [4.78, 5) is 0. The van der Waals surface area contributed by atoms with Gasteiger partial charge in [-0.05, 0) is 0 Å². The van der Waals surface area contributed by atoms with E-state index < -0.39 is 0 Å². The third kappa shape index (κ3) is 50.7. The lowest BCUT2D eigenvalue weighted by molar-refractivity contribution is -0.601. The van der Waals surface area contributed by atoms with Gasteiger partial charge in [0.25, 0.3) is 0 Å². The van der Waals surface area contributed by atoms with E-state index in [4.69, 9.17) is 5.21 Å². The van der Waals surface area contributed by atoms with Crippen LogP contribution >= 0.6 is 0 Å². The molecule has 4 heteroatoms. The molecule has 0 saturated heterocycles. The normalized spacial score (nSPS) is 4.50. The van der Waals surface area contributed by atoms with E-state index in [0.29, 0.717) is 0 Å². The van der Waals surface area contributed by atoms with E-state index in [2.05, 4.69) is 5.84 Å². The minimum atomic E-state index is 0. The fourth-order valence-electron chi connectivity index (χ4n) is 0. The second-order valence-electron chi connectivity index (χ2n) is 0.136. The molecular formula is H6N2O2. The lowest BCUT2D eigenvalue weighted by Gasteiger charge is -1.79. The van der Waals surface area contributed by atoms with Crippen LogP contribution in [0.25, 0.3) is 0 Å². The molecule has 0 aliphatic carbocycles. The lowest BCUT2D eigenvalue weighted by atomic mass is 12.8. The quantitative estimate of drug-likeness (QED) is 0.234. The zero-order valence-electron chi connectivity index (χ0n) is 2.06. The Morgan fingerprint density at radius 3 is 1.75 bits per heavy atom. The largest absolute Gasteiger partial charge is 0.615 e. The van der Waals surface area contributed by atoms with Gasteiger partial charge in [-0.25, -0.2) is 0 Å². The molecule has 0 amide bonds. The Bertz CT molecular complexity index is 4.00. The van der Waals surface area contributed by atoms with Crippen molar-refractivity contribution in [1.29, 1.82) is 0 Å². The molecule has 0 aliphatic heterocycles. The van der Waals surface area contributed by atoms with Crippen molar-refractivity contribution in [3.63, 3.8) is 0 Å². The average Bonchev–Trinajstić information content (AvgIpc) is 0.918. The second-order valence-corrected chi connectivity index (χ2v) is 0.136. The van der Waals surface area contributed by atoms with Crippen molar-refractivity contribution in [1.82, 2.24) is 0 Å². The molecule has 28 valence electrons. The standard InChI is InChI=1S/H4N2O.H2O/c1-2-3;/h1-2H2;1H2. The molecule has 0 aliphatic rings. The molecule has 0 saturated carbocycles. The Kier molecular flexibility index (Phi) is 31.2. The van der Waals surface area contributed by atoms with E-state index >= 15 is 0 Å². The third-order valence-electron chi connectivity index (χ3n) is 0. The first-order valence-electron chi connectivity index (χ1n) is 0.569. The molecule has 6 N–H and O–H groups in total. The highest BCUT2D eigenvalue weighted by Gasteiger charge is 1.08. The van der Waals surface area contributed by atoms with Crippen molar-refractivity contribution in [2.24, 2.45) is 5.84 Å². The fraction of sp³-hybridized carbons (Fsp3) is 0. The summed E-state index contributed by atoms with van der Waals surface area (Å²) in [6.45, 7) is 0. The summed E-state index contributed by atoms with van der Waals surface area (Å²) in [5, 5.41) is 8.58. The maximum Gasteiger partial charge on any atom is -0.183 e. The van der Waals surface area contributed by atoms with Crippen molar-refractivity contribution >= 4 is 0 Å². The molecule has 4 heavy (non-hydrogen) atoms. The second kappa shape index (κ2) is 13.6. The smallest absolute Gasteiger partial charge is 0.183 e. The van der Waals surface area contributed by atoms with E-state index in [1.54, 1.807) is 0 Å². The number of rotatable bonds is 0. The van der Waals surface area contributed by atoms with Crippen molar-refractivity contribution in [3.8, 4) is 0 Å². The van der Waals surface area contributed by atoms with Crippen molar-refractivity contribution in [3.05, 3.63) is 5.21 Å². The van der Waals surface area contributed by atoms with Gasteiger partial charge >= 0.3 is 0 Å². The maximum atomic E-state index is 8.58. The average molecular weight is 66.1 g/mol. The summed E-state index contributed by atoms with van der Waals surface area (Å²) in [6, 6.07) is 0. The Morgan fingerprint density at radius 1 is 1.75 bits per heavy atom. The Labute approximate surface area is 23.5 Å². The molecule has 0 bridgehead atoms. The fourth-order valence-corrected chi connectivity index (χ4v) is 0. The molecule has 4 nitrogen and oxygen atoms in total. The highest BCUT2D eigenvalue weighted by atomic mass is 16.5. The Balaban J connectivity index is 0. The van der Waals surface area contributed by atoms with Gasteiger partial charge in [0, 0.05) is 0 Å². The summed E-state index contributed by atoms with van der Waals surface area (Å²) in [5.41, 5.74) is 0.250. The summed E-state index contributed by atoms with van der Waals surface area (Å²) in [5.74, 6) is 4.17. The van der Waals surface area contributed by atoms with Crippen LogP contribution < -0.4 is 11.4 Å². The van der Waals surface area contributed by atoms with Crippen LogP contribution in [-0.2, 0) is 0 Å². The van der Waals surface area contributed by atoms with Gasteiger partial charge in [-0.15, -0.1) is 0 Å². The zero-order valence-corrected chi connectivity index (χ0v) is 2.06. The van der Waals surface area contributed by atoms with Gasteiger partial charge in [-0.3, -0.25) is 0 Å². The first-order chi connectivity index (χ1) is 1.41. The molecule has 0 aromatic heterocycles. The molecule has 0 aromatic rings. The van der Waals surface area contributed by atoms with Crippen molar-refractivity contribution in [2.75, 3.05) is 0 Å². The predicted molar refractivity (Wildman–Crippen MR) is 13.1 cm³/mol. The molecule has 0 aromatic carbocycles. The minimum Gasteiger partial charge on any atom is -0.615 e. The molecular weight excluding hydrogens is 60.0 g/mol. The van der Waals surface area contributed by atoms with Crippen LogP contribution in [0.5, 0.6) is 0 Å². The highest BCUT2D eigenvalue weighted by molar-refractivity contribution is 3.70. The van der Waals surface area contributed by atoms with Gasteiger partial charge in [0.1, 0.15) is 0 Å². The van der Waals surface area contributed by atoms with Crippen LogP contribution in [0.3, 0.4) is 0 Å². The van der Waals surface area contributed by atoms with Gasteiger partial charge in [0.15, 0.2) is 0 Å². The lowest BCUT2D eigenvalue weighted by Crippen LogP contribution is -2.84. The number of hydrogen-bond acceptors (Lipinski definition) is 2. The van der Waals surface area contributed by atoms with E-state index in [1.165, 1.54) is 0 Å². The first-order valence-corrected chi connectivity index (χ1v) is 0.569. The van der Waals surface area contributed by atoms with Gasteiger partial charge < -0.3 is 16.3 Å². The molecule has 0 rings (SSSR count).